The normalized spacial score (nSPS) is 12.0. The van der Waals surface area contributed by atoms with Crippen molar-refractivity contribution < 1.29 is 22.7 Å². The number of rotatable bonds is 5. The van der Waals surface area contributed by atoms with E-state index in [1.165, 1.54) is 19.1 Å². The van der Waals surface area contributed by atoms with E-state index < -0.39 is 28.1 Å². The highest BCUT2D eigenvalue weighted by Gasteiger charge is 2.20. The summed E-state index contributed by atoms with van der Waals surface area (Å²) in [4.78, 5) is 23.8. The van der Waals surface area contributed by atoms with Crippen LogP contribution in [0.3, 0.4) is 0 Å². The molecule has 2 aromatic rings. The summed E-state index contributed by atoms with van der Waals surface area (Å²) >= 11 is 5.87. The van der Waals surface area contributed by atoms with Gasteiger partial charge in [-0.25, -0.2) is 23.4 Å². The van der Waals surface area contributed by atoms with Crippen molar-refractivity contribution in [1.29, 1.82) is 0 Å². The van der Waals surface area contributed by atoms with Gasteiger partial charge < -0.3 is 4.74 Å². The molecule has 0 spiro atoms. The minimum absolute atomic E-state index is 0.0745. The first-order chi connectivity index (χ1) is 13.1. The quantitative estimate of drug-likeness (QED) is 0.637. The minimum atomic E-state index is -4.06. The van der Waals surface area contributed by atoms with Gasteiger partial charge in [-0.2, -0.15) is 0 Å². The van der Waals surface area contributed by atoms with Crippen LogP contribution in [0.15, 0.2) is 47.4 Å². The van der Waals surface area contributed by atoms with Crippen LogP contribution in [-0.2, 0) is 14.8 Å². The fourth-order valence-corrected chi connectivity index (χ4v) is 3.27. The number of amides is 3. The number of urea groups is 1. The molecule has 150 valence electrons. The van der Waals surface area contributed by atoms with E-state index in [9.17, 15) is 18.0 Å². The van der Waals surface area contributed by atoms with E-state index in [0.29, 0.717) is 10.8 Å². The van der Waals surface area contributed by atoms with Gasteiger partial charge in [-0.15, -0.1) is 0 Å². The molecule has 28 heavy (non-hydrogen) atoms. The molecule has 0 heterocycles. The summed E-state index contributed by atoms with van der Waals surface area (Å²) in [6.07, 6.45) is -0.950. The summed E-state index contributed by atoms with van der Waals surface area (Å²) < 4.78 is 31.6. The van der Waals surface area contributed by atoms with Crippen LogP contribution in [0.2, 0.25) is 5.02 Å². The molecule has 0 aromatic heterocycles. The summed E-state index contributed by atoms with van der Waals surface area (Å²) in [6.45, 7) is 5.06. The molecule has 0 saturated carbocycles. The van der Waals surface area contributed by atoms with Crippen molar-refractivity contribution in [1.82, 2.24) is 15.6 Å². The number of benzene rings is 2. The number of carbonyl (C=O) groups is 2. The lowest BCUT2D eigenvalue weighted by molar-refractivity contribution is -0.128. The molecule has 3 amide bonds. The SMILES string of the molecule is Cc1ccc(S(=O)(=O)NC(=O)NNC(=O)C(C)Oc2ccc(Cl)cc2C)cc1. The number of sulfonamides is 1. The predicted molar refractivity (Wildman–Crippen MR) is 104 cm³/mol. The molecule has 1 atom stereocenters. The van der Waals surface area contributed by atoms with E-state index in [1.807, 2.05) is 5.43 Å². The van der Waals surface area contributed by atoms with Gasteiger partial charge in [0.05, 0.1) is 4.90 Å². The summed E-state index contributed by atoms with van der Waals surface area (Å²) in [6, 6.07) is 9.76. The summed E-state index contributed by atoms with van der Waals surface area (Å²) in [5.74, 6) is -0.212. The lowest BCUT2D eigenvalue weighted by Gasteiger charge is -2.17. The topological polar surface area (TPSA) is 114 Å². The zero-order valence-electron chi connectivity index (χ0n) is 15.4. The summed E-state index contributed by atoms with van der Waals surface area (Å²) in [5, 5.41) is 0.537. The molecular formula is C18H20ClN3O5S. The van der Waals surface area contributed by atoms with E-state index in [0.717, 1.165) is 11.1 Å². The van der Waals surface area contributed by atoms with Crippen molar-refractivity contribution in [2.24, 2.45) is 0 Å². The number of hydrazine groups is 1. The van der Waals surface area contributed by atoms with Crippen LogP contribution in [0.4, 0.5) is 4.79 Å². The molecule has 0 aliphatic rings. The molecule has 8 nitrogen and oxygen atoms in total. The number of aryl methyl sites for hydroxylation is 2. The van der Waals surface area contributed by atoms with E-state index >= 15 is 0 Å². The second-order valence-corrected chi connectivity index (χ2v) is 8.15. The van der Waals surface area contributed by atoms with Gasteiger partial charge in [0.25, 0.3) is 15.9 Å². The maximum atomic E-state index is 12.1. The van der Waals surface area contributed by atoms with E-state index in [-0.39, 0.29) is 4.90 Å². The molecule has 0 saturated heterocycles. The van der Waals surface area contributed by atoms with Gasteiger partial charge in [-0.1, -0.05) is 29.3 Å². The molecule has 0 radical (unpaired) electrons. The van der Waals surface area contributed by atoms with Crippen molar-refractivity contribution in [3.8, 4) is 5.75 Å². The average molecular weight is 426 g/mol. The molecule has 2 rings (SSSR count). The lowest BCUT2D eigenvalue weighted by Crippen LogP contribution is -2.51. The van der Waals surface area contributed by atoms with Crippen LogP contribution < -0.4 is 20.3 Å². The highest BCUT2D eigenvalue weighted by Crippen LogP contribution is 2.22. The van der Waals surface area contributed by atoms with Crippen molar-refractivity contribution >= 4 is 33.6 Å². The Bertz CT molecular complexity index is 977. The predicted octanol–water partition coefficient (Wildman–Crippen LogP) is 2.44. The molecule has 2 aromatic carbocycles. The first kappa shape index (κ1) is 21.5. The third-order valence-corrected chi connectivity index (χ3v) is 5.25. The standard InChI is InChI=1S/C18H20ClN3O5S/c1-11-4-7-15(8-5-11)28(25,26)22-18(24)21-20-17(23)13(3)27-16-9-6-14(19)10-12(16)2/h4-10,13H,1-3H3,(H,20,23)(H2,21,22,24). The first-order valence-electron chi connectivity index (χ1n) is 8.20. The van der Waals surface area contributed by atoms with Gasteiger partial charge in [0.15, 0.2) is 6.10 Å². The number of hydrogen-bond acceptors (Lipinski definition) is 5. The third-order valence-electron chi connectivity index (χ3n) is 3.67. The zero-order chi connectivity index (χ0) is 20.9. The Kier molecular flexibility index (Phi) is 6.87. The maximum Gasteiger partial charge on any atom is 0.347 e. The Hall–Kier alpha value is -2.78. The number of hydrogen-bond donors (Lipinski definition) is 3. The monoisotopic (exact) mass is 425 g/mol. The smallest absolute Gasteiger partial charge is 0.347 e. The maximum absolute atomic E-state index is 12.1. The van der Waals surface area contributed by atoms with Gasteiger partial charge in [-0.05, 0) is 56.7 Å². The molecule has 1 unspecified atom stereocenters. The Morgan fingerprint density at radius 2 is 1.68 bits per heavy atom. The Labute approximate surface area is 168 Å². The highest BCUT2D eigenvalue weighted by molar-refractivity contribution is 7.90. The van der Waals surface area contributed by atoms with Gasteiger partial charge >= 0.3 is 6.03 Å². The van der Waals surface area contributed by atoms with Crippen molar-refractivity contribution in [3.63, 3.8) is 0 Å². The largest absolute Gasteiger partial charge is 0.481 e. The van der Waals surface area contributed by atoms with Crippen LogP contribution in [0.25, 0.3) is 0 Å². The number of ether oxygens (including phenoxy) is 1. The van der Waals surface area contributed by atoms with Crippen LogP contribution in [0.5, 0.6) is 5.75 Å². The Morgan fingerprint density at radius 3 is 2.29 bits per heavy atom. The molecular weight excluding hydrogens is 406 g/mol. The number of carbonyl (C=O) groups excluding carboxylic acids is 2. The fourth-order valence-electron chi connectivity index (χ4n) is 2.13. The van der Waals surface area contributed by atoms with Gasteiger partial charge in [-0.3, -0.25) is 10.2 Å². The fraction of sp³-hybridized carbons (Fsp3) is 0.222. The second-order valence-electron chi connectivity index (χ2n) is 6.03. The zero-order valence-corrected chi connectivity index (χ0v) is 17.0. The van der Waals surface area contributed by atoms with Crippen LogP contribution in [0, 0.1) is 13.8 Å². The molecule has 3 N–H and O–H groups in total. The molecule has 0 bridgehead atoms. The second kappa shape index (κ2) is 8.94. The third kappa shape index (κ3) is 5.86. The Balaban J connectivity index is 1.89. The van der Waals surface area contributed by atoms with Crippen LogP contribution >= 0.6 is 11.6 Å². The summed E-state index contributed by atoms with van der Waals surface area (Å²) in [7, 11) is -4.06. The van der Waals surface area contributed by atoms with E-state index in [1.54, 1.807) is 48.9 Å². The van der Waals surface area contributed by atoms with Gasteiger partial charge in [0.1, 0.15) is 5.75 Å². The van der Waals surface area contributed by atoms with E-state index in [2.05, 4.69) is 5.43 Å². The van der Waals surface area contributed by atoms with Gasteiger partial charge in [0.2, 0.25) is 0 Å². The van der Waals surface area contributed by atoms with Crippen LogP contribution in [0.1, 0.15) is 18.1 Å². The van der Waals surface area contributed by atoms with Crippen LogP contribution in [-0.4, -0.2) is 26.5 Å². The minimum Gasteiger partial charge on any atom is -0.481 e. The lowest BCUT2D eigenvalue weighted by atomic mass is 10.2. The van der Waals surface area contributed by atoms with Crippen molar-refractivity contribution in [3.05, 3.63) is 58.6 Å². The van der Waals surface area contributed by atoms with Crippen molar-refractivity contribution in [2.45, 2.75) is 31.8 Å². The van der Waals surface area contributed by atoms with E-state index in [4.69, 9.17) is 16.3 Å². The summed E-state index contributed by atoms with van der Waals surface area (Å²) in [5.41, 5.74) is 5.69. The Morgan fingerprint density at radius 1 is 1.04 bits per heavy atom. The molecule has 0 fully saturated rings. The first-order valence-corrected chi connectivity index (χ1v) is 10.1. The highest BCUT2D eigenvalue weighted by atomic mass is 35.5. The molecule has 0 aliphatic heterocycles. The number of halogens is 1. The van der Waals surface area contributed by atoms with Crippen molar-refractivity contribution in [2.75, 3.05) is 0 Å². The van der Waals surface area contributed by atoms with Gasteiger partial charge in [0, 0.05) is 5.02 Å². The average Bonchev–Trinajstić information content (AvgIpc) is 2.62. The number of nitrogens with one attached hydrogen (secondary N) is 3. The molecule has 0 aliphatic carbocycles. The molecule has 10 heteroatoms.